The van der Waals surface area contributed by atoms with Gasteiger partial charge in [-0.05, 0) is 37.8 Å². The first-order chi connectivity index (χ1) is 22.3. The van der Waals surface area contributed by atoms with E-state index in [-0.39, 0.29) is 11.6 Å². The average molecular weight is 721 g/mol. The van der Waals surface area contributed by atoms with Gasteiger partial charge in [-0.25, -0.2) is 4.79 Å². The van der Waals surface area contributed by atoms with Crippen LogP contribution in [0.5, 0.6) is 10.4 Å². The number of ether oxygens (including phenoxy) is 2. The zero-order chi connectivity index (χ0) is 34.2. The summed E-state index contributed by atoms with van der Waals surface area (Å²) in [7, 11) is 1.40. The van der Waals surface area contributed by atoms with Gasteiger partial charge < -0.3 is 35.6 Å². The molecule has 15 heteroatoms. The Kier molecular flexibility index (Phi) is 13.1. The van der Waals surface area contributed by atoms with E-state index < -0.39 is 22.1 Å². The Labute approximate surface area is 287 Å². The maximum Gasteiger partial charge on any atom is 0.352 e. The van der Waals surface area contributed by atoms with Crippen molar-refractivity contribution in [2.45, 2.75) is 114 Å². The minimum atomic E-state index is -0.982. The van der Waals surface area contributed by atoms with Gasteiger partial charge >= 0.3 is 5.97 Å². The first-order valence-electron chi connectivity index (χ1n) is 16.6. The number of carboxylic acid groups (broad SMARTS) is 1. The SMILES string of the molecule is COc1nc2[nH]c(C(=O)NC3CCC[Si](C)(C)CCC3)cc2s1.COc1nc2[nH]c(C(=O)O)cc2s1.C[Si]1(C)CCCC(N)CCC1. The fourth-order valence-corrected chi connectivity index (χ4v) is 13.0. The van der Waals surface area contributed by atoms with E-state index >= 15 is 0 Å². The van der Waals surface area contributed by atoms with Gasteiger partial charge in [0.1, 0.15) is 11.4 Å². The quantitative estimate of drug-likeness (QED) is 0.130. The standard InChI is InChI=1S/C16H25N3O2SSi.C9H21NSi.C7H6N2O3S/c1-21-16-19-14-13(22-16)10-12(18-14)15(20)17-11-6-4-8-23(2,3)9-5-7-11;1-11(2)7-3-5-9(10)6-4-8-11;1-12-7-9-5-4(13-7)2-3(8-5)6(10)11/h10-11,18H,4-9H2,1-3H3,(H,17,20);9H,3-8,10H2,1-2H3;2,8H,1H3,(H,10,11). The van der Waals surface area contributed by atoms with Crippen LogP contribution in [-0.2, 0) is 0 Å². The number of fused-ring (bicyclic) bond motifs is 2. The van der Waals surface area contributed by atoms with Gasteiger partial charge in [-0.15, -0.1) is 0 Å². The van der Waals surface area contributed by atoms with Gasteiger partial charge in [-0.3, -0.25) is 4.79 Å². The smallest absolute Gasteiger partial charge is 0.352 e. The van der Waals surface area contributed by atoms with Crippen molar-refractivity contribution >= 4 is 71.4 Å². The zero-order valence-electron chi connectivity index (χ0n) is 28.7. The Morgan fingerprint density at radius 1 is 0.809 bits per heavy atom. The zero-order valence-corrected chi connectivity index (χ0v) is 32.3. The minimum absolute atomic E-state index is 0.0174. The van der Waals surface area contributed by atoms with Crippen molar-refractivity contribution in [2.24, 2.45) is 5.73 Å². The van der Waals surface area contributed by atoms with Crippen LogP contribution < -0.4 is 20.5 Å². The second-order valence-electron chi connectivity index (χ2n) is 14.3. The maximum absolute atomic E-state index is 12.5. The Bertz CT molecular complexity index is 1530. The Hall–Kier alpha value is -2.73. The number of H-pyrrole nitrogens is 2. The highest BCUT2D eigenvalue weighted by atomic mass is 32.1. The number of carbonyl (C=O) groups is 2. The number of hydrogen-bond donors (Lipinski definition) is 5. The summed E-state index contributed by atoms with van der Waals surface area (Å²) in [5.41, 5.74) is 7.93. The molecule has 47 heavy (non-hydrogen) atoms. The molecule has 0 spiro atoms. The van der Waals surface area contributed by atoms with Crippen LogP contribution in [0.25, 0.3) is 20.7 Å². The third kappa shape index (κ3) is 11.2. The van der Waals surface area contributed by atoms with Gasteiger partial charge in [-0.2, -0.15) is 9.97 Å². The van der Waals surface area contributed by atoms with Crippen LogP contribution in [0.1, 0.15) is 72.3 Å². The molecule has 6 N–H and O–H groups in total. The molecule has 6 rings (SSSR count). The van der Waals surface area contributed by atoms with Gasteiger partial charge in [0.2, 0.25) is 0 Å². The molecule has 2 fully saturated rings. The Morgan fingerprint density at radius 2 is 1.23 bits per heavy atom. The fourth-order valence-electron chi connectivity index (χ4n) is 6.29. The maximum atomic E-state index is 12.5. The van der Waals surface area contributed by atoms with E-state index in [1.165, 1.54) is 98.6 Å². The fraction of sp³-hybridized carbons (Fsp3) is 0.625. The molecule has 4 aromatic heterocycles. The number of nitrogens with zero attached hydrogens (tertiary/aromatic N) is 2. The number of carbonyl (C=O) groups excluding carboxylic acids is 1. The summed E-state index contributed by atoms with van der Waals surface area (Å²) in [5, 5.41) is 13.0. The van der Waals surface area contributed by atoms with Gasteiger partial charge in [-0.1, -0.05) is 98.7 Å². The molecule has 11 nitrogen and oxygen atoms in total. The molecule has 0 aliphatic carbocycles. The lowest BCUT2D eigenvalue weighted by molar-refractivity contribution is 0.0691. The van der Waals surface area contributed by atoms with Crippen LogP contribution in [0, 0.1) is 0 Å². The molecule has 0 aromatic carbocycles. The summed E-state index contributed by atoms with van der Waals surface area (Å²) in [6, 6.07) is 9.97. The van der Waals surface area contributed by atoms with Gasteiger partial charge in [0.05, 0.1) is 23.6 Å². The number of thiazole rings is 2. The summed E-state index contributed by atoms with van der Waals surface area (Å²) < 4.78 is 11.8. The monoisotopic (exact) mass is 720 g/mol. The van der Waals surface area contributed by atoms with E-state index in [4.69, 9.17) is 20.3 Å². The summed E-state index contributed by atoms with van der Waals surface area (Å²) in [5.74, 6) is -1.000. The molecule has 260 valence electrons. The van der Waals surface area contributed by atoms with Gasteiger partial charge in [0.25, 0.3) is 16.3 Å². The third-order valence-electron chi connectivity index (χ3n) is 9.15. The molecule has 4 aromatic rings. The average Bonchev–Trinajstić information content (AvgIpc) is 3.75. The van der Waals surface area contributed by atoms with Crippen LogP contribution in [0.2, 0.25) is 50.4 Å². The van der Waals surface area contributed by atoms with Crippen LogP contribution in [-0.4, -0.2) is 79.4 Å². The lowest BCUT2D eigenvalue weighted by atomic mass is 10.1. The molecule has 1 amide bonds. The number of amides is 1. The molecular formula is C32H52N6O5S2Si2. The number of nitrogens with two attached hydrogens (primary N) is 1. The van der Waals surface area contributed by atoms with E-state index in [1.807, 2.05) is 6.07 Å². The van der Waals surface area contributed by atoms with Crippen LogP contribution >= 0.6 is 22.7 Å². The summed E-state index contributed by atoms with van der Waals surface area (Å²) >= 11 is 2.76. The first kappa shape index (κ1) is 37.1. The number of aromatic amines is 2. The number of aromatic nitrogens is 4. The lowest BCUT2D eigenvalue weighted by Gasteiger charge is -2.28. The van der Waals surface area contributed by atoms with Gasteiger partial charge in [0.15, 0.2) is 11.3 Å². The molecule has 2 saturated heterocycles. The summed E-state index contributed by atoms with van der Waals surface area (Å²) in [6.45, 7) is 10.0. The summed E-state index contributed by atoms with van der Waals surface area (Å²) in [4.78, 5) is 37.1. The third-order valence-corrected chi connectivity index (χ3v) is 17.9. The van der Waals surface area contributed by atoms with E-state index in [1.54, 1.807) is 7.11 Å². The Morgan fingerprint density at radius 3 is 1.66 bits per heavy atom. The predicted octanol–water partition coefficient (Wildman–Crippen LogP) is 7.94. The van der Waals surface area contributed by atoms with Crippen LogP contribution in [0.3, 0.4) is 0 Å². The number of aromatic carboxylic acids is 1. The molecule has 0 saturated carbocycles. The second-order valence-corrected chi connectivity index (χ2v) is 26.9. The number of rotatable bonds is 5. The minimum Gasteiger partial charge on any atom is -0.477 e. The van der Waals surface area contributed by atoms with E-state index in [0.717, 1.165) is 27.9 Å². The predicted molar refractivity (Wildman–Crippen MR) is 198 cm³/mol. The summed E-state index contributed by atoms with van der Waals surface area (Å²) in [6.07, 6.45) is 10.0. The van der Waals surface area contributed by atoms with Gasteiger partial charge in [0, 0.05) is 28.2 Å². The molecule has 0 unspecified atom stereocenters. The van der Waals surface area contributed by atoms with Crippen molar-refractivity contribution in [3.8, 4) is 10.4 Å². The molecule has 6 heterocycles. The number of methoxy groups -OCH3 is 2. The Balaban J connectivity index is 0.000000176. The second kappa shape index (κ2) is 16.6. The van der Waals surface area contributed by atoms with Crippen LogP contribution in [0.15, 0.2) is 12.1 Å². The molecular weight excluding hydrogens is 669 g/mol. The molecule has 0 atom stereocenters. The number of nitrogens with one attached hydrogen (secondary N) is 3. The van der Waals surface area contributed by atoms with Crippen LogP contribution in [0.4, 0.5) is 0 Å². The largest absolute Gasteiger partial charge is 0.477 e. The van der Waals surface area contributed by atoms with Crippen molar-refractivity contribution in [3.05, 3.63) is 23.5 Å². The number of hydrogen-bond acceptors (Lipinski definition) is 9. The molecule has 2 aliphatic rings. The molecule has 2 aliphatic heterocycles. The number of carboxylic acids is 1. The lowest BCUT2D eigenvalue weighted by Crippen LogP contribution is -2.37. The topological polar surface area (TPSA) is 168 Å². The van der Waals surface area contributed by atoms with E-state index in [2.05, 4.69) is 51.4 Å². The van der Waals surface area contributed by atoms with E-state index in [9.17, 15) is 9.59 Å². The molecule has 0 radical (unpaired) electrons. The van der Waals surface area contributed by atoms with Crippen molar-refractivity contribution < 1.29 is 24.2 Å². The van der Waals surface area contributed by atoms with E-state index in [0.29, 0.717) is 33.8 Å². The first-order valence-corrected chi connectivity index (χ1v) is 25.1. The van der Waals surface area contributed by atoms with Crippen molar-refractivity contribution in [2.75, 3.05) is 14.2 Å². The van der Waals surface area contributed by atoms with Crippen molar-refractivity contribution in [1.82, 2.24) is 25.3 Å². The highest BCUT2D eigenvalue weighted by molar-refractivity contribution is 7.20. The van der Waals surface area contributed by atoms with Crippen molar-refractivity contribution in [1.29, 1.82) is 0 Å². The highest BCUT2D eigenvalue weighted by Crippen LogP contribution is 2.30. The molecule has 0 bridgehead atoms. The van der Waals surface area contributed by atoms with Crippen molar-refractivity contribution in [3.63, 3.8) is 0 Å². The normalized spacial score (nSPS) is 18.8. The highest BCUT2D eigenvalue weighted by Gasteiger charge is 2.25.